The second kappa shape index (κ2) is 6.11. The molecule has 0 spiro atoms. The Kier molecular flexibility index (Phi) is 4.47. The molecular formula is C15H20FNO3. The first-order valence-corrected chi connectivity index (χ1v) is 7.00. The first kappa shape index (κ1) is 14.6. The van der Waals surface area contributed by atoms with Crippen molar-refractivity contribution < 1.29 is 19.0 Å². The van der Waals surface area contributed by atoms with E-state index in [0.29, 0.717) is 5.92 Å². The van der Waals surface area contributed by atoms with E-state index in [1.54, 1.807) is 0 Å². The Morgan fingerprint density at radius 2 is 2.25 bits per heavy atom. The predicted molar refractivity (Wildman–Crippen MR) is 74.4 cm³/mol. The molecule has 4 nitrogen and oxygen atoms in total. The van der Waals surface area contributed by atoms with Gasteiger partial charge in [-0.1, -0.05) is 19.8 Å². The Balaban J connectivity index is 2.21. The molecule has 110 valence electrons. The van der Waals surface area contributed by atoms with Gasteiger partial charge < -0.3 is 15.6 Å². The fourth-order valence-corrected chi connectivity index (χ4v) is 2.79. The number of aromatic carboxylic acids is 1. The summed E-state index contributed by atoms with van der Waals surface area (Å²) in [5, 5.41) is 9.17. The van der Waals surface area contributed by atoms with Crippen LogP contribution in [0.1, 0.15) is 49.4 Å². The molecule has 1 fully saturated rings. The Morgan fingerprint density at radius 1 is 1.50 bits per heavy atom. The molecule has 1 aromatic carbocycles. The second-order valence-electron chi connectivity index (χ2n) is 5.32. The zero-order valence-electron chi connectivity index (χ0n) is 11.6. The van der Waals surface area contributed by atoms with Gasteiger partial charge in [-0.3, -0.25) is 0 Å². The average molecular weight is 281 g/mol. The summed E-state index contributed by atoms with van der Waals surface area (Å²) in [5.74, 6) is -1.22. The van der Waals surface area contributed by atoms with Crippen molar-refractivity contribution in [1.82, 2.24) is 0 Å². The Labute approximate surface area is 117 Å². The summed E-state index contributed by atoms with van der Waals surface area (Å²) in [6.45, 7) is 2.14. The Morgan fingerprint density at radius 3 is 2.90 bits per heavy atom. The number of nitrogens with two attached hydrogens (primary N) is 1. The molecule has 0 amide bonds. The van der Waals surface area contributed by atoms with E-state index in [-0.39, 0.29) is 23.1 Å². The number of anilines is 1. The summed E-state index contributed by atoms with van der Waals surface area (Å²) < 4.78 is 19.2. The number of halogens is 1. The van der Waals surface area contributed by atoms with E-state index in [1.807, 2.05) is 0 Å². The van der Waals surface area contributed by atoms with Crippen LogP contribution in [-0.2, 0) is 0 Å². The lowest BCUT2D eigenvalue weighted by molar-refractivity contribution is 0.0683. The molecule has 0 aliphatic heterocycles. The normalized spacial score (nSPS) is 22.5. The van der Waals surface area contributed by atoms with Crippen LogP contribution >= 0.6 is 0 Å². The molecule has 20 heavy (non-hydrogen) atoms. The molecule has 0 aromatic heterocycles. The molecule has 1 saturated carbocycles. The molecular weight excluding hydrogens is 261 g/mol. The third kappa shape index (κ3) is 3.03. The standard InChI is InChI=1S/C15H20FNO3/c1-2-9-4-3-5-10(8-9)20-12-7-6-11(16)14(17)13(12)15(18)19/h6-7,9-10H,2-5,8,17H2,1H3,(H,18,19). The highest BCUT2D eigenvalue weighted by Crippen LogP contribution is 2.33. The predicted octanol–water partition coefficient (Wildman–Crippen LogP) is 3.45. The molecule has 1 aliphatic carbocycles. The number of hydrogen-bond acceptors (Lipinski definition) is 3. The van der Waals surface area contributed by atoms with Gasteiger partial charge in [-0.05, 0) is 37.3 Å². The summed E-state index contributed by atoms with van der Waals surface area (Å²) in [6, 6.07) is 2.50. The Bertz CT molecular complexity index is 504. The molecule has 0 radical (unpaired) electrons. The van der Waals surface area contributed by atoms with Gasteiger partial charge in [0.1, 0.15) is 17.1 Å². The highest BCUT2D eigenvalue weighted by atomic mass is 19.1. The number of carboxylic acids is 1. The van der Waals surface area contributed by atoms with Crippen LogP contribution in [0.3, 0.4) is 0 Å². The minimum atomic E-state index is -1.26. The van der Waals surface area contributed by atoms with Crippen LogP contribution in [0, 0.1) is 11.7 Å². The maximum absolute atomic E-state index is 13.4. The molecule has 0 bridgehead atoms. The van der Waals surface area contributed by atoms with Gasteiger partial charge in [-0.2, -0.15) is 0 Å². The molecule has 3 N–H and O–H groups in total. The lowest BCUT2D eigenvalue weighted by atomic mass is 9.85. The van der Waals surface area contributed by atoms with E-state index >= 15 is 0 Å². The fourth-order valence-electron chi connectivity index (χ4n) is 2.79. The smallest absolute Gasteiger partial charge is 0.341 e. The SMILES string of the molecule is CCC1CCCC(Oc2ccc(F)c(N)c2C(=O)O)C1. The third-order valence-electron chi connectivity index (χ3n) is 3.97. The van der Waals surface area contributed by atoms with E-state index in [1.165, 1.54) is 12.5 Å². The van der Waals surface area contributed by atoms with Gasteiger partial charge in [0.25, 0.3) is 0 Å². The van der Waals surface area contributed by atoms with Crippen LogP contribution in [0.15, 0.2) is 12.1 Å². The molecule has 2 unspecified atom stereocenters. The summed E-state index contributed by atoms with van der Waals surface area (Å²) in [6.07, 6.45) is 5.14. The molecule has 1 aromatic rings. The lowest BCUT2D eigenvalue weighted by Crippen LogP contribution is -2.26. The number of ether oxygens (including phenoxy) is 1. The van der Waals surface area contributed by atoms with Gasteiger partial charge in [0.2, 0.25) is 0 Å². The topological polar surface area (TPSA) is 72.5 Å². The van der Waals surface area contributed by atoms with Crippen molar-refractivity contribution in [3.8, 4) is 5.75 Å². The summed E-state index contributed by atoms with van der Waals surface area (Å²) in [4.78, 5) is 11.2. The Hall–Kier alpha value is -1.78. The van der Waals surface area contributed by atoms with Gasteiger partial charge in [-0.25, -0.2) is 9.18 Å². The van der Waals surface area contributed by atoms with Crippen molar-refractivity contribution in [2.45, 2.75) is 45.1 Å². The largest absolute Gasteiger partial charge is 0.489 e. The molecule has 0 heterocycles. The second-order valence-corrected chi connectivity index (χ2v) is 5.32. The summed E-state index contributed by atoms with van der Waals surface area (Å²) >= 11 is 0. The minimum absolute atomic E-state index is 0.0170. The zero-order valence-corrected chi connectivity index (χ0v) is 11.6. The van der Waals surface area contributed by atoms with E-state index in [2.05, 4.69) is 6.92 Å². The highest BCUT2D eigenvalue weighted by Gasteiger charge is 2.25. The first-order valence-electron chi connectivity index (χ1n) is 7.00. The maximum Gasteiger partial charge on any atom is 0.341 e. The van der Waals surface area contributed by atoms with Gasteiger partial charge in [0, 0.05) is 0 Å². The van der Waals surface area contributed by atoms with Crippen LogP contribution in [0.5, 0.6) is 5.75 Å². The van der Waals surface area contributed by atoms with Gasteiger partial charge in [0.05, 0.1) is 11.8 Å². The summed E-state index contributed by atoms with van der Waals surface area (Å²) in [7, 11) is 0. The van der Waals surface area contributed by atoms with Crippen LogP contribution < -0.4 is 10.5 Å². The van der Waals surface area contributed by atoms with Crippen LogP contribution in [0.4, 0.5) is 10.1 Å². The third-order valence-corrected chi connectivity index (χ3v) is 3.97. The summed E-state index contributed by atoms with van der Waals surface area (Å²) in [5.41, 5.74) is 4.87. The lowest BCUT2D eigenvalue weighted by Gasteiger charge is -2.29. The van der Waals surface area contributed by atoms with E-state index in [0.717, 1.165) is 31.7 Å². The molecule has 5 heteroatoms. The van der Waals surface area contributed by atoms with Crippen molar-refractivity contribution in [3.63, 3.8) is 0 Å². The minimum Gasteiger partial charge on any atom is -0.489 e. The van der Waals surface area contributed by atoms with Gasteiger partial charge in [0.15, 0.2) is 0 Å². The van der Waals surface area contributed by atoms with Crippen molar-refractivity contribution in [2.75, 3.05) is 5.73 Å². The van der Waals surface area contributed by atoms with Crippen molar-refractivity contribution in [2.24, 2.45) is 5.92 Å². The van der Waals surface area contributed by atoms with Crippen molar-refractivity contribution in [1.29, 1.82) is 0 Å². The van der Waals surface area contributed by atoms with Crippen LogP contribution in [0.2, 0.25) is 0 Å². The van der Waals surface area contributed by atoms with Crippen LogP contribution in [0.25, 0.3) is 0 Å². The molecule has 0 saturated heterocycles. The highest BCUT2D eigenvalue weighted by molar-refractivity contribution is 5.96. The fraction of sp³-hybridized carbons (Fsp3) is 0.533. The maximum atomic E-state index is 13.4. The molecule has 2 rings (SSSR count). The van der Waals surface area contributed by atoms with Crippen molar-refractivity contribution >= 4 is 11.7 Å². The number of hydrogen-bond donors (Lipinski definition) is 2. The molecule has 2 atom stereocenters. The van der Waals surface area contributed by atoms with E-state index < -0.39 is 11.8 Å². The first-order chi connectivity index (χ1) is 9.52. The van der Waals surface area contributed by atoms with Crippen LogP contribution in [-0.4, -0.2) is 17.2 Å². The number of benzene rings is 1. The van der Waals surface area contributed by atoms with Gasteiger partial charge in [-0.15, -0.1) is 0 Å². The number of nitrogen functional groups attached to an aromatic ring is 1. The van der Waals surface area contributed by atoms with E-state index in [9.17, 15) is 14.3 Å². The number of carboxylic acid groups (broad SMARTS) is 1. The zero-order chi connectivity index (χ0) is 14.7. The van der Waals surface area contributed by atoms with E-state index in [4.69, 9.17) is 10.5 Å². The monoisotopic (exact) mass is 281 g/mol. The quantitative estimate of drug-likeness (QED) is 0.829. The number of rotatable bonds is 4. The van der Waals surface area contributed by atoms with Gasteiger partial charge >= 0.3 is 5.97 Å². The van der Waals surface area contributed by atoms with Crippen molar-refractivity contribution in [3.05, 3.63) is 23.5 Å². The number of carbonyl (C=O) groups is 1. The molecule has 1 aliphatic rings. The average Bonchev–Trinajstić information content (AvgIpc) is 2.43.